The van der Waals surface area contributed by atoms with E-state index in [1.54, 1.807) is 37.4 Å². The SMILES string of the molecule is CCn1c(-c2cnccc2COC)c2c3cc(ccc31)-c1cc(O)cc(c1)C[C@H](NC(=O)C(C(C)C)N(C)C(=O)[C@@H]1CCCN(C)C1)C(=O)N1CCC[C@H](N1)C(=O)OCC(C)(C)C2. The third-order valence-corrected chi connectivity index (χ3v) is 13.0. The highest BCUT2D eigenvalue weighted by atomic mass is 16.5. The summed E-state index contributed by atoms with van der Waals surface area (Å²) in [7, 11) is 5.36. The molecule has 2 saturated heterocycles. The van der Waals surface area contributed by atoms with Crippen LogP contribution < -0.4 is 10.7 Å². The Hall–Kier alpha value is -5.31. The lowest BCUT2D eigenvalue weighted by molar-refractivity contribution is -0.155. The van der Waals surface area contributed by atoms with Crippen molar-refractivity contribution in [1.29, 1.82) is 0 Å². The smallest absolute Gasteiger partial charge is 0.324 e. The molecule has 0 radical (unpaired) electrons. The van der Waals surface area contributed by atoms with Crippen LogP contribution in [-0.2, 0) is 54.6 Å². The molecule has 7 rings (SSSR count). The number of aryl methyl sites for hydroxylation is 1. The molecule has 4 atom stereocenters. The van der Waals surface area contributed by atoms with E-state index >= 15 is 0 Å². The Morgan fingerprint density at radius 2 is 1.86 bits per heavy atom. The van der Waals surface area contributed by atoms with Crippen LogP contribution >= 0.6 is 0 Å². The average Bonchev–Trinajstić information content (AvgIpc) is 3.55. The van der Waals surface area contributed by atoms with Crippen molar-refractivity contribution >= 4 is 34.6 Å². The van der Waals surface area contributed by atoms with Gasteiger partial charge in [0, 0.05) is 74.5 Å². The first-order chi connectivity index (χ1) is 30.1. The molecule has 0 aliphatic carbocycles. The molecule has 0 saturated carbocycles. The number of methoxy groups -OCH3 is 1. The Morgan fingerprint density at radius 3 is 2.59 bits per heavy atom. The first kappa shape index (κ1) is 45.7. The van der Waals surface area contributed by atoms with Crippen molar-refractivity contribution in [2.24, 2.45) is 17.3 Å². The second-order valence-corrected chi connectivity index (χ2v) is 18.9. The summed E-state index contributed by atoms with van der Waals surface area (Å²) in [5.41, 5.74) is 9.95. The minimum atomic E-state index is -1.10. The van der Waals surface area contributed by atoms with E-state index in [0.29, 0.717) is 51.1 Å². The lowest BCUT2D eigenvalue weighted by atomic mass is 9.84. The molecule has 3 amide bonds. The topological polar surface area (TPSA) is 159 Å². The van der Waals surface area contributed by atoms with Crippen molar-refractivity contribution in [3.05, 3.63) is 71.5 Å². The predicted molar refractivity (Wildman–Crippen MR) is 242 cm³/mol. The summed E-state index contributed by atoms with van der Waals surface area (Å²) >= 11 is 0. The molecule has 3 aliphatic heterocycles. The number of carbonyl (C=O) groups excluding carboxylic acids is 4. The molecule has 2 fully saturated rings. The number of likely N-dealkylation sites (tertiary alicyclic amines) is 1. The molecule has 3 aliphatic rings. The van der Waals surface area contributed by atoms with Gasteiger partial charge in [-0.15, -0.1) is 0 Å². The number of hydrogen-bond acceptors (Lipinski definition) is 10. The highest BCUT2D eigenvalue weighted by molar-refractivity contribution is 5.96. The molecular formula is C49H65N7O7. The second-order valence-electron chi connectivity index (χ2n) is 18.9. The van der Waals surface area contributed by atoms with Gasteiger partial charge in [-0.3, -0.25) is 29.2 Å². The highest BCUT2D eigenvalue weighted by Crippen LogP contribution is 2.41. The summed E-state index contributed by atoms with van der Waals surface area (Å²) in [6.07, 6.45) is 6.92. The van der Waals surface area contributed by atoms with Crippen molar-refractivity contribution < 1.29 is 33.8 Å². The lowest BCUT2D eigenvalue weighted by Gasteiger charge is -2.38. The van der Waals surface area contributed by atoms with E-state index in [1.807, 2.05) is 45.3 Å². The van der Waals surface area contributed by atoms with Gasteiger partial charge in [-0.2, -0.15) is 0 Å². The molecule has 0 spiro atoms. The maximum absolute atomic E-state index is 14.7. The van der Waals surface area contributed by atoms with Gasteiger partial charge >= 0.3 is 5.97 Å². The number of piperidine rings is 1. The zero-order chi connectivity index (χ0) is 45.2. The number of aromatic nitrogens is 2. The molecule has 14 heteroatoms. The summed E-state index contributed by atoms with van der Waals surface area (Å²) in [5.74, 6) is -1.89. The van der Waals surface area contributed by atoms with Crippen LogP contribution in [0.1, 0.15) is 77.0 Å². The maximum atomic E-state index is 14.7. The van der Waals surface area contributed by atoms with Gasteiger partial charge in [0.05, 0.1) is 24.8 Å². The Balaban J connectivity index is 1.32. The number of likely N-dealkylation sites (N-methyl/N-ethyl adjacent to an activating group) is 1. The van der Waals surface area contributed by atoms with Gasteiger partial charge in [0.25, 0.3) is 5.91 Å². The van der Waals surface area contributed by atoms with Crippen molar-refractivity contribution in [2.45, 2.75) is 104 Å². The van der Waals surface area contributed by atoms with Crippen molar-refractivity contribution in [1.82, 2.24) is 35.1 Å². The van der Waals surface area contributed by atoms with Gasteiger partial charge in [-0.25, -0.2) is 5.43 Å². The number of benzene rings is 2. The number of nitrogens with one attached hydrogen (secondary N) is 2. The summed E-state index contributed by atoms with van der Waals surface area (Å²) in [6.45, 7) is 13.2. The first-order valence-corrected chi connectivity index (χ1v) is 22.5. The molecular weight excluding hydrogens is 799 g/mol. The van der Waals surface area contributed by atoms with Crippen LogP contribution in [0.15, 0.2) is 54.9 Å². The monoisotopic (exact) mass is 863 g/mol. The van der Waals surface area contributed by atoms with E-state index < -0.39 is 41.3 Å². The third-order valence-electron chi connectivity index (χ3n) is 13.0. The fourth-order valence-electron chi connectivity index (χ4n) is 9.91. The number of phenols is 1. The van der Waals surface area contributed by atoms with Crippen LogP contribution in [0.2, 0.25) is 0 Å². The lowest BCUT2D eigenvalue weighted by Crippen LogP contribution is -2.62. The molecule has 63 heavy (non-hydrogen) atoms. The Kier molecular flexibility index (Phi) is 13.9. The van der Waals surface area contributed by atoms with Crippen LogP contribution in [0.3, 0.4) is 0 Å². The number of amides is 3. The Labute approximate surface area is 371 Å². The highest BCUT2D eigenvalue weighted by Gasteiger charge is 2.39. The van der Waals surface area contributed by atoms with Crippen LogP contribution in [0.4, 0.5) is 0 Å². The summed E-state index contributed by atoms with van der Waals surface area (Å²) < 4.78 is 14.0. The number of pyridine rings is 1. The van der Waals surface area contributed by atoms with E-state index in [0.717, 1.165) is 63.8 Å². The van der Waals surface area contributed by atoms with Gasteiger partial charge in [-0.1, -0.05) is 39.8 Å². The molecule has 6 bridgehead atoms. The Bertz CT molecular complexity index is 2340. The number of rotatable bonds is 9. The third kappa shape index (κ3) is 9.93. The quantitative estimate of drug-likeness (QED) is 0.178. The summed E-state index contributed by atoms with van der Waals surface area (Å²) in [5, 5.41) is 16.8. The van der Waals surface area contributed by atoms with E-state index in [4.69, 9.17) is 9.47 Å². The normalized spacial score (nSPS) is 21.5. The predicted octanol–water partition coefficient (Wildman–Crippen LogP) is 5.72. The first-order valence-electron chi connectivity index (χ1n) is 22.5. The van der Waals surface area contributed by atoms with E-state index in [2.05, 4.69) is 58.1 Å². The molecule has 3 N–H and O–H groups in total. The number of carbonyl (C=O) groups is 4. The van der Waals surface area contributed by atoms with Crippen molar-refractivity contribution in [3.63, 3.8) is 0 Å². The Morgan fingerprint density at radius 1 is 1.08 bits per heavy atom. The van der Waals surface area contributed by atoms with E-state index in [1.165, 1.54) is 5.01 Å². The number of nitrogens with zero attached hydrogens (tertiary/aromatic N) is 5. The number of hydrogen-bond donors (Lipinski definition) is 3. The fourth-order valence-corrected chi connectivity index (χ4v) is 9.91. The summed E-state index contributed by atoms with van der Waals surface area (Å²) in [4.78, 5) is 65.1. The van der Waals surface area contributed by atoms with E-state index in [-0.39, 0.29) is 36.5 Å². The molecule has 5 heterocycles. The number of aromatic hydroxyl groups is 1. The molecule has 2 aromatic heterocycles. The summed E-state index contributed by atoms with van der Waals surface area (Å²) in [6, 6.07) is 10.8. The molecule has 2 aromatic carbocycles. The zero-order valence-corrected chi connectivity index (χ0v) is 38.2. The van der Waals surface area contributed by atoms with Crippen LogP contribution in [0.25, 0.3) is 33.3 Å². The van der Waals surface area contributed by atoms with Crippen LogP contribution in [0.5, 0.6) is 5.75 Å². The number of hydrazine groups is 1. The van der Waals surface area contributed by atoms with Crippen LogP contribution in [-0.4, -0.2) is 119 Å². The minimum absolute atomic E-state index is 0.0176. The number of phenolic OH excluding ortho intramolecular Hbond substituents is 1. The van der Waals surface area contributed by atoms with Crippen molar-refractivity contribution in [3.8, 4) is 28.1 Å². The average molecular weight is 864 g/mol. The standard InChI is InChI=1S/C49H65N7O7/c1-9-55-42-15-14-32-24-37(42)38(44(55)39-26-50-17-16-34(39)28-62-8)25-49(4,5)29-63-48(61)40-13-11-19-56(52-40)47(60)41(22-31-20-35(32)23-36(57)21-31)51-45(58)43(30(2)3)54(7)46(59)33-12-10-18-53(6)27-33/h14-17,20-21,23-24,26,30,33,40-41,43,52,57H,9-13,18-19,22,25,27-29H2,1-8H3,(H,51,58)/t33-,40+,41+,43?/m1/s1. The van der Waals surface area contributed by atoms with Crippen molar-refractivity contribution in [2.75, 3.05) is 47.4 Å². The largest absolute Gasteiger partial charge is 0.508 e. The number of ether oxygens (including phenoxy) is 2. The molecule has 338 valence electrons. The number of fused-ring (bicyclic) bond motifs is 6. The minimum Gasteiger partial charge on any atom is -0.508 e. The molecule has 4 aromatic rings. The van der Waals surface area contributed by atoms with Crippen LogP contribution in [0, 0.1) is 17.3 Å². The zero-order valence-electron chi connectivity index (χ0n) is 38.2. The molecule has 1 unspecified atom stereocenters. The molecule has 14 nitrogen and oxygen atoms in total. The van der Waals surface area contributed by atoms with Gasteiger partial charge < -0.3 is 34.3 Å². The number of cyclic esters (lactones) is 1. The second kappa shape index (κ2) is 19.2. The fraction of sp³-hybridized carbons (Fsp3) is 0.531. The number of esters is 1. The van der Waals surface area contributed by atoms with Gasteiger partial charge in [-0.05, 0) is 117 Å². The van der Waals surface area contributed by atoms with E-state index in [9.17, 15) is 24.3 Å². The van der Waals surface area contributed by atoms with Gasteiger partial charge in [0.2, 0.25) is 11.8 Å². The van der Waals surface area contributed by atoms with Gasteiger partial charge in [0.15, 0.2) is 0 Å². The maximum Gasteiger partial charge on any atom is 0.324 e. The van der Waals surface area contributed by atoms with Gasteiger partial charge in [0.1, 0.15) is 23.9 Å².